The molecule has 3 aromatic rings. The molecule has 0 aliphatic rings. The van der Waals surface area contributed by atoms with Crippen LogP contribution < -0.4 is 5.32 Å². The average molecular weight is 311 g/mol. The van der Waals surface area contributed by atoms with E-state index in [0.29, 0.717) is 0 Å². The highest BCUT2D eigenvalue weighted by molar-refractivity contribution is 6.02. The zero-order valence-corrected chi connectivity index (χ0v) is 11.7. The number of rotatable bonds is 4. The second kappa shape index (κ2) is 6.11. The topological polar surface area (TPSA) is 96.7 Å². The highest BCUT2D eigenvalue weighted by atomic mass is 19.1. The maximum Gasteiger partial charge on any atom is 0.279 e. The fourth-order valence-corrected chi connectivity index (χ4v) is 1.94. The number of hydrogen-bond acceptors (Lipinski definition) is 5. The van der Waals surface area contributed by atoms with Crippen molar-refractivity contribution < 1.29 is 13.7 Å². The number of benzene rings is 1. The molecule has 0 saturated carbocycles. The summed E-state index contributed by atoms with van der Waals surface area (Å²) in [5.41, 5.74) is 0.218. The van der Waals surface area contributed by atoms with Crippen molar-refractivity contribution >= 4 is 11.7 Å². The summed E-state index contributed by atoms with van der Waals surface area (Å²) in [6, 6.07) is 10.9. The third-order valence-electron chi connectivity index (χ3n) is 3.00. The maximum absolute atomic E-state index is 13.7. The number of anilines is 1. The molecular weight excluding hydrogens is 301 g/mol. The molecule has 1 N–H and O–H groups in total. The van der Waals surface area contributed by atoms with Crippen molar-refractivity contribution in [3.8, 4) is 17.4 Å². The first-order valence-electron chi connectivity index (χ1n) is 6.61. The summed E-state index contributed by atoms with van der Waals surface area (Å²) in [4.78, 5) is 12.1. The van der Waals surface area contributed by atoms with Crippen LogP contribution in [0, 0.1) is 17.1 Å². The van der Waals surface area contributed by atoms with E-state index >= 15 is 0 Å². The number of nitriles is 1. The first-order valence-corrected chi connectivity index (χ1v) is 6.61. The molecule has 1 aromatic carbocycles. The number of aromatic nitrogens is 3. The molecule has 0 radical (unpaired) electrons. The number of halogens is 1. The fraction of sp³-hybridized carbons (Fsp3) is 0.0667. The molecule has 0 atom stereocenters. The lowest BCUT2D eigenvalue weighted by molar-refractivity contribution is 0.101. The quantitative estimate of drug-likeness (QED) is 0.798. The summed E-state index contributed by atoms with van der Waals surface area (Å²) in [6.07, 6.45) is 1.56. The van der Waals surface area contributed by atoms with Gasteiger partial charge in [-0.2, -0.15) is 10.4 Å². The molecule has 0 bridgehead atoms. The fourth-order valence-electron chi connectivity index (χ4n) is 1.94. The van der Waals surface area contributed by atoms with E-state index in [4.69, 9.17) is 9.78 Å². The summed E-state index contributed by atoms with van der Waals surface area (Å²) in [7, 11) is 0. The van der Waals surface area contributed by atoms with Crippen LogP contribution in [-0.2, 0) is 6.54 Å². The van der Waals surface area contributed by atoms with Crippen LogP contribution in [0.3, 0.4) is 0 Å². The molecule has 7 nitrogen and oxygen atoms in total. The molecule has 0 spiro atoms. The lowest BCUT2D eigenvalue weighted by atomic mass is 10.1. The van der Waals surface area contributed by atoms with E-state index in [0.717, 1.165) is 0 Å². The Kier molecular flexibility index (Phi) is 3.84. The zero-order chi connectivity index (χ0) is 16.2. The smallest absolute Gasteiger partial charge is 0.279 e. The molecule has 2 aromatic heterocycles. The number of nitrogens with one attached hydrogen (secondary N) is 1. The third kappa shape index (κ3) is 3.08. The standard InChI is InChI=1S/C15H10FN5O2/c16-11-4-2-1-3-10(11)13-9-12(20-23-13)15(22)18-14-5-7-21(19-14)8-6-17/h1-5,7,9H,8H2,(H,18,19,22). The molecule has 0 aliphatic carbocycles. The molecule has 1 amide bonds. The first kappa shape index (κ1) is 14.5. The van der Waals surface area contributed by atoms with Crippen molar-refractivity contribution in [1.82, 2.24) is 14.9 Å². The highest BCUT2D eigenvalue weighted by Gasteiger charge is 2.16. The van der Waals surface area contributed by atoms with Gasteiger partial charge in [0.2, 0.25) is 0 Å². The minimum atomic E-state index is -0.543. The Labute approximate surface area is 129 Å². The molecule has 0 unspecified atom stereocenters. The van der Waals surface area contributed by atoms with Gasteiger partial charge in [0, 0.05) is 18.3 Å². The van der Waals surface area contributed by atoms with Crippen molar-refractivity contribution in [2.45, 2.75) is 6.54 Å². The summed E-state index contributed by atoms with van der Waals surface area (Å²) < 4.78 is 20.1. The molecule has 0 fully saturated rings. The lowest BCUT2D eigenvalue weighted by Crippen LogP contribution is -2.13. The number of hydrogen-bond donors (Lipinski definition) is 1. The van der Waals surface area contributed by atoms with E-state index in [1.807, 2.05) is 6.07 Å². The molecule has 0 saturated heterocycles. The predicted octanol–water partition coefficient (Wildman–Crippen LogP) is 2.45. The van der Waals surface area contributed by atoms with Gasteiger partial charge in [-0.1, -0.05) is 17.3 Å². The van der Waals surface area contributed by atoms with Gasteiger partial charge in [0.1, 0.15) is 12.4 Å². The summed E-state index contributed by atoms with van der Waals surface area (Å²) in [6.45, 7) is 0.0806. The average Bonchev–Trinajstić information content (AvgIpc) is 3.18. The van der Waals surface area contributed by atoms with E-state index < -0.39 is 11.7 Å². The molecule has 23 heavy (non-hydrogen) atoms. The molecule has 2 heterocycles. The Morgan fingerprint density at radius 3 is 3.00 bits per heavy atom. The second-order valence-corrected chi connectivity index (χ2v) is 4.57. The molecule has 0 aliphatic heterocycles. The summed E-state index contributed by atoms with van der Waals surface area (Å²) >= 11 is 0. The second-order valence-electron chi connectivity index (χ2n) is 4.57. The summed E-state index contributed by atoms with van der Waals surface area (Å²) in [5, 5.41) is 18.7. The zero-order valence-electron chi connectivity index (χ0n) is 11.7. The lowest BCUT2D eigenvalue weighted by Gasteiger charge is -1.97. The van der Waals surface area contributed by atoms with Crippen molar-refractivity contribution in [3.05, 3.63) is 54.1 Å². The largest absolute Gasteiger partial charge is 0.355 e. The highest BCUT2D eigenvalue weighted by Crippen LogP contribution is 2.23. The van der Waals surface area contributed by atoms with Gasteiger partial charge in [-0.25, -0.2) is 4.39 Å². The van der Waals surface area contributed by atoms with Crippen LogP contribution in [0.2, 0.25) is 0 Å². The Bertz CT molecular complexity index is 893. The van der Waals surface area contributed by atoms with Gasteiger partial charge in [-0.05, 0) is 12.1 Å². The Morgan fingerprint density at radius 2 is 2.22 bits per heavy atom. The van der Waals surface area contributed by atoms with E-state index in [-0.39, 0.29) is 29.4 Å². The third-order valence-corrected chi connectivity index (χ3v) is 3.00. The molecule has 114 valence electrons. The van der Waals surface area contributed by atoms with Crippen LogP contribution in [0.4, 0.5) is 10.2 Å². The minimum absolute atomic E-state index is 0.00177. The van der Waals surface area contributed by atoms with Crippen LogP contribution >= 0.6 is 0 Å². The number of amides is 1. The number of carbonyl (C=O) groups is 1. The van der Waals surface area contributed by atoms with E-state index in [9.17, 15) is 9.18 Å². The monoisotopic (exact) mass is 311 g/mol. The van der Waals surface area contributed by atoms with Gasteiger partial charge >= 0.3 is 0 Å². The minimum Gasteiger partial charge on any atom is -0.355 e. The van der Waals surface area contributed by atoms with Crippen LogP contribution in [0.25, 0.3) is 11.3 Å². The van der Waals surface area contributed by atoms with Gasteiger partial charge in [0.15, 0.2) is 17.3 Å². The van der Waals surface area contributed by atoms with E-state index in [2.05, 4.69) is 15.6 Å². The molecule has 8 heteroatoms. The summed E-state index contributed by atoms with van der Waals surface area (Å²) in [5.74, 6) is -0.576. The van der Waals surface area contributed by atoms with Gasteiger partial charge < -0.3 is 9.84 Å². The van der Waals surface area contributed by atoms with Gasteiger partial charge in [-0.3, -0.25) is 9.48 Å². The number of nitrogens with zero attached hydrogens (tertiary/aromatic N) is 4. The van der Waals surface area contributed by atoms with E-state index in [1.54, 1.807) is 24.4 Å². The van der Waals surface area contributed by atoms with Crippen molar-refractivity contribution in [2.24, 2.45) is 0 Å². The van der Waals surface area contributed by atoms with Crippen LogP contribution in [-0.4, -0.2) is 20.8 Å². The first-order chi connectivity index (χ1) is 11.2. The van der Waals surface area contributed by atoms with Crippen molar-refractivity contribution in [2.75, 3.05) is 5.32 Å². The van der Waals surface area contributed by atoms with Gasteiger partial charge in [0.05, 0.1) is 11.6 Å². The van der Waals surface area contributed by atoms with Crippen LogP contribution in [0.5, 0.6) is 0 Å². The molecular formula is C15H10FN5O2. The maximum atomic E-state index is 13.7. The van der Waals surface area contributed by atoms with Crippen LogP contribution in [0.1, 0.15) is 10.5 Å². The predicted molar refractivity (Wildman–Crippen MR) is 77.7 cm³/mol. The molecule has 3 rings (SSSR count). The van der Waals surface area contributed by atoms with Crippen molar-refractivity contribution in [1.29, 1.82) is 5.26 Å². The van der Waals surface area contributed by atoms with Crippen molar-refractivity contribution in [3.63, 3.8) is 0 Å². The SMILES string of the molecule is N#CCn1ccc(NC(=O)c2cc(-c3ccccc3F)on2)n1. The Balaban J connectivity index is 1.76. The van der Waals surface area contributed by atoms with Gasteiger partial charge in [0.25, 0.3) is 5.91 Å². The Hall–Kier alpha value is -3.47. The van der Waals surface area contributed by atoms with Gasteiger partial charge in [-0.15, -0.1) is 0 Å². The Morgan fingerprint density at radius 1 is 1.39 bits per heavy atom. The number of carbonyl (C=O) groups excluding carboxylic acids is 1. The van der Waals surface area contributed by atoms with Crippen LogP contribution in [0.15, 0.2) is 47.1 Å². The normalized spacial score (nSPS) is 10.3. The van der Waals surface area contributed by atoms with E-state index in [1.165, 1.54) is 22.9 Å².